The van der Waals surface area contributed by atoms with E-state index in [0.29, 0.717) is 30.9 Å². The highest BCUT2D eigenvalue weighted by Gasteiger charge is 2.33. The van der Waals surface area contributed by atoms with Gasteiger partial charge in [-0.1, -0.05) is 12.2 Å². The van der Waals surface area contributed by atoms with Crippen molar-refractivity contribution < 1.29 is 13.2 Å². The van der Waals surface area contributed by atoms with Gasteiger partial charge in [0.05, 0.1) is 4.88 Å². The molecule has 2 rings (SSSR count). The van der Waals surface area contributed by atoms with Gasteiger partial charge in [0.15, 0.2) is 0 Å². The van der Waals surface area contributed by atoms with E-state index in [1.54, 1.807) is 6.07 Å². The first-order chi connectivity index (χ1) is 8.82. The molecule has 0 bridgehead atoms. The molecule has 0 aromatic carbocycles. The largest absolute Gasteiger partial charge is 0.389 e. The molecule has 0 radical (unpaired) electrons. The Hall–Kier alpha value is -0.540. The second-order valence-electron chi connectivity index (χ2n) is 4.76. The SMILES string of the molecule is CC1(NS(=O)(=O)c2ccc(C(N)=S)s2)CCOCC1. The molecule has 19 heavy (non-hydrogen) atoms. The van der Waals surface area contributed by atoms with Crippen LogP contribution in [0.2, 0.25) is 0 Å². The summed E-state index contributed by atoms with van der Waals surface area (Å²) in [5.41, 5.74) is 5.04. The Balaban J connectivity index is 2.19. The van der Waals surface area contributed by atoms with Crippen LogP contribution >= 0.6 is 23.6 Å². The highest BCUT2D eigenvalue weighted by atomic mass is 32.2. The van der Waals surface area contributed by atoms with Crippen LogP contribution in [0, 0.1) is 0 Å². The van der Waals surface area contributed by atoms with Crippen LogP contribution in [0.5, 0.6) is 0 Å². The number of hydrogen-bond donors (Lipinski definition) is 2. The maximum Gasteiger partial charge on any atom is 0.250 e. The number of nitrogens with one attached hydrogen (secondary N) is 1. The Kier molecular flexibility index (Phi) is 4.26. The summed E-state index contributed by atoms with van der Waals surface area (Å²) in [6.07, 6.45) is 1.33. The van der Waals surface area contributed by atoms with Crippen molar-refractivity contribution in [2.75, 3.05) is 13.2 Å². The summed E-state index contributed by atoms with van der Waals surface area (Å²) >= 11 is 5.93. The van der Waals surface area contributed by atoms with Crippen LogP contribution < -0.4 is 10.5 Å². The molecular weight excluding hydrogens is 304 g/mol. The van der Waals surface area contributed by atoms with Crippen LogP contribution in [0.4, 0.5) is 0 Å². The van der Waals surface area contributed by atoms with Crippen molar-refractivity contribution in [3.8, 4) is 0 Å². The normalized spacial score (nSPS) is 19.2. The van der Waals surface area contributed by atoms with E-state index in [4.69, 9.17) is 22.7 Å². The van der Waals surface area contributed by atoms with Crippen molar-refractivity contribution >= 4 is 38.6 Å². The average Bonchev–Trinajstić information content (AvgIpc) is 2.78. The zero-order chi connectivity index (χ0) is 14.1. The summed E-state index contributed by atoms with van der Waals surface area (Å²) in [6.45, 7) is 3.04. The van der Waals surface area contributed by atoms with Gasteiger partial charge in [-0.25, -0.2) is 13.1 Å². The number of rotatable bonds is 4. The van der Waals surface area contributed by atoms with Gasteiger partial charge in [0.1, 0.15) is 9.20 Å². The fourth-order valence-electron chi connectivity index (χ4n) is 1.90. The quantitative estimate of drug-likeness (QED) is 0.816. The van der Waals surface area contributed by atoms with E-state index < -0.39 is 15.6 Å². The van der Waals surface area contributed by atoms with E-state index in [-0.39, 0.29) is 9.20 Å². The zero-order valence-corrected chi connectivity index (χ0v) is 13.0. The topological polar surface area (TPSA) is 81.4 Å². The maximum atomic E-state index is 12.3. The standard InChI is InChI=1S/C11H16N2O3S3/c1-11(4-6-16-7-5-11)13-19(14,15)9-3-2-8(18-9)10(12)17/h2-3,13H,4-7H2,1H3,(H2,12,17). The Morgan fingerprint density at radius 1 is 1.47 bits per heavy atom. The van der Waals surface area contributed by atoms with Gasteiger partial charge in [0.2, 0.25) is 0 Å². The van der Waals surface area contributed by atoms with Gasteiger partial charge in [-0.05, 0) is 31.9 Å². The predicted octanol–water partition coefficient (Wildman–Crippen LogP) is 1.23. The third-order valence-corrected chi connectivity index (χ3v) is 6.66. The van der Waals surface area contributed by atoms with E-state index in [0.717, 1.165) is 11.3 Å². The number of ether oxygens (including phenoxy) is 1. The van der Waals surface area contributed by atoms with Gasteiger partial charge in [-0.15, -0.1) is 11.3 Å². The molecule has 1 aromatic heterocycles. The highest BCUT2D eigenvalue weighted by molar-refractivity contribution is 7.91. The Morgan fingerprint density at radius 3 is 2.63 bits per heavy atom. The summed E-state index contributed by atoms with van der Waals surface area (Å²) in [7, 11) is -3.53. The number of thiocarbonyl (C=S) groups is 1. The first kappa shape index (κ1) is 14.9. The molecule has 0 spiro atoms. The number of thiophene rings is 1. The number of nitrogens with two attached hydrogens (primary N) is 1. The summed E-state index contributed by atoms with van der Waals surface area (Å²) in [5, 5.41) is 0. The summed E-state index contributed by atoms with van der Waals surface area (Å²) < 4.78 is 32.9. The van der Waals surface area contributed by atoms with E-state index in [1.165, 1.54) is 6.07 Å². The lowest BCUT2D eigenvalue weighted by Gasteiger charge is -2.33. The van der Waals surface area contributed by atoms with Crippen LogP contribution in [0.25, 0.3) is 0 Å². The lowest BCUT2D eigenvalue weighted by molar-refractivity contribution is 0.0538. The molecule has 0 amide bonds. The van der Waals surface area contributed by atoms with Crippen molar-refractivity contribution in [1.82, 2.24) is 4.72 Å². The minimum absolute atomic E-state index is 0.212. The van der Waals surface area contributed by atoms with Crippen LogP contribution in [0.3, 0.4) is 0 Å². The summed E-state index contributed by atoms with van der Waals surface area (Å²) in [4.78, 5) is 0.816. The molecule has 1 aliphatic heterocycles. The monoisotopic (exact) mass is 320 g/mol. The molecule has 1 aromatic rings. The van der Waals surface area contributed by atoms with Crippen molar-refractivity contribution in [2.24, 2.45) is 5.73 Å². The molecule has 0 atom stereocenters. The first-order valence-corrected chi connectivity index (χ1v) is 8.55. The summed E-state index contributed by atoms with van der Waals surface area (Å²) in [6, 6.07) is 3.16. The molecule has 8 heteroatoms. The van der Waals surface area contributed by atoms with Crippen LogP contribution in [-0.4, -0.2) is 32.2 Å². The first-order valence-electron chi connectivity index (χ1n) is 5.84. The second kappa shape index (κ2) is 5.45. The predicted molar refractivity (Wildman–Crippen MR) is 79.0 cm³/mol. The van der Waals surface area contributed by atoms with Crippen LogP contribution in [-0.2, 0) is 14.8 Å². The van der Waals surface area contributed by atoms with Gasteiger partial charge < -0.3 is 10.5 Å². The van der Waals surface area contributed by atoms with Crippen LogP contribution in [0.15, 0.2) is 16.3 Å². The van der Waals surface area contributed by atoms with E-state index in [9.17, 15) is 8.42 Å². The number of sulfonamides is 1. The fraction of sp³-hybridized carbons (Fsp3) is 0.545. The highest BCUT2D eigenvalue weighted by Crippen LogP contribution is 2.26. The van der Waals surface area contributed by atoms with Crippen molar-refractivity contribution in [1.29, 1.82) is 0 Å². The van der Waals surface area contributed by atoms with Crippen molar-refractivity contribution in [2.45, 2.75) is 29.5 Å². The zero-order valence-electron chi connectivity index (χ0n) is 10.5. The van der Waals surface area contributed by atoms with Crippen LogP contribution in [0.1, 0.15) is 24.6 Å². The van der Waals surface area contributed by atoms with Crippen molar-refractivity contribution in [3.63, 3.8) is 0 Å². The average molecular weight is 320 g/mol. The molecule has 1 fully saturated rings. The van der Waals surface area contributed by atoms with Gasteiger partial charge in [-0.2, -0.15) is 0 Å². The minimum Gasteiger partial charge on any atom is -0.389 e. The fourth-order valence-corrected chi connectivity index (χ4v) is 4.71. The van der Waals surface area contributed by atoms with Gasteiger partial charge >= 0.3 is 0 Å². The molecule has 1 aliphatic rings. The molecule has 3 N–H and O–H groups in total. The Labute approximate surface area is 122 Å². The molecule has 0 saturated carbocycles. The molecule has 0 aliphatic carbocycles. The lowest BCUT2D eigenvalue weighted by Crippen LogP contribution is -2.49. The second-order valence-corrected chi connectivity index (χ2v) is 8.19. The van der Waals surface area contributed by atoms with E-state index >= 15 is 0 Å². The molecule has 1 saturated heterocycles. The Bertz CT molecular complexity index is 574. The summed E-state index contributed by atoms with van der Waals surface area (Å²) in [5.74, 6) is 0. The van der Waals surface area contributed by atoms with Gasteiger partial charge in [-0.3, -0.25) is 0 Å². The Morgan fingerprint density at radius 2 is 2.11 bits per heavy atom. The molecule has 0 unspecified atom stereocenters. The van der Waals surface area contributed by atoms with Crippen molar-refractivity contribution in [3.05, 3.63) is 17.0 Å². The van der Waals surface area contributed by atoms with Gasteiger partial charge in [0, 0.05) is 18.8 Å². The lowest BCUT2D eigenvalue weighted by atomic mass is 9.94. The molecule has 2 heterocycles. The van der Waals surface area contributed by atoms with E-state index in [1.807, 2.05) is 6.92 Å². The third kappa shape index (κ3) is 3.51. The smallest absolute Gasteiger partial charge is 0.250 e. The maximum absolute atomic E-state index is 12.3. The van der Waals surface area contributed by atoms with E-state index in [2.05, 4.69) is 4.72 Å². The number of hydrogen-bond acceptors (Lipinski definition) is 5. The molecule has 5 nitrogen and oxygen atoms in total. The third-order valence-electron chi connectivity index (χ3n) is 3.07. The van der Waals surface area contributed by atoms with Gasteiger partial charge in [0.25, 0.3) is 10.0 Å². The molecular formula is C11H16N2O3S3. The molecule has 106 valence electrons. The minimum atomic E-state index is -3.53.